The summed E-state index contributed by atoms with van der Waals surface area (Å²) in [6, 6.07) is 0.666. The van der Waals surface area contributed by atoms with E-state index >= 15 is 0 Å². The molecule has 0 aromatic heterocycles. The standard InChI is InChI=1S/C15H33N3/c1-5-7-9-18(10-8-6-2)15(12-16)11-14(3)17(4)13-15/h14H,5-13,16H2,1-4H3. The lowest BCUT2D eigenvalue weighted by Gasteiger charge is -2.41. The van der Waals surface area contributed by atoms with Crippen LogP contribution in [0.3, 0.4) is 0 Å². The summed E-state index contributed by atoms with van der Waals surface area (Å²) >= 11 is 0. The van der Waals surface area contributed by atoms with Crippen LogP contribution in [0.25, 0.3) is 0 Å². The van der Waals surface area contributed by atoms with Gasteiger partial charge in [-0.25, -0.2) is 0 Å². The molecule has 2 atom stereocenters. The molecule has 1 aliphatic heterocycles. The third-order valence-corrected chi connectivity index (χ3v) is 4.59. The first-order valence-corrected chi connectivity index (χ1v) is 7.75. The summed E-state index contributed by atoms with van der Waals surface area (Å²) in [6.07, 6.45) is 6.36. The molecule has 0 aromatic rings. The zero-order valence-electron chi connectivity index (χ0n) is 12.9. The maximum Gasteiger partial charge on any atom is 0.0473 e. The van der Waals surface area contributed by atoms with Crippen molar-refractivity contribution in [2.75, 3.05) is 33.2 Å². The van der Waals surface area contributed by atoms with Gasteiger partial charge in [-0.05, 0) is 46.3 Å². The molecule has 2 N–H and O–H groups in total. The maximum absolute atomic E-state index is 6.17. The Labute approximate surface area is 114 Å². The van der Waals surface area contributed by atoms with E-state index in [4.69, 9.17) is 5.73 Å². The van der Waals surface area contributed by atoms with Crippen LogP contribution >= 0.6 is 0 Å². The van der Waals surface area contributed by atoms with Gasteiger partial charge in [0.1, 0.15) is 0 Å². The van der Waals surface area contributed by atoms with Crippen LogP contribution in [0, 0.1) is 0 Å². The summed E-state index contributed by atoms with van der Waals surface area (Å²) in [5, 5.41) is 0. The summed E-state index contributed by atoms with van der Waals surface area (Å²) < 4.78 is 0. The highest BCUT2D eigenvalue weighted by Crippen LogP contribution is 2.31. The van der Waals surface area contributed by atoms with Gasteiger partial charge < -0.3 is 10.6 Å². The van der Waals surface area contributed by atoms with Gasteiger partial charge in [0.05, 0.1) is 0 Å². The molecule has 2 unspecified atom stereocenters. The summed E-state index contributed by atoms with van der Waals surface area (Å²) in [4.78, 5) is 5.16. The highest BCUT2D eigenvalue weighted by atomic mass is 15.3. The van der Waals surface area contributed by atoms with Crippen molar-refractivity contribution in [1.29, 1.82) is 0 Å². The van der Waals surface area contributed by atoms with E-state index in [1.54, 1.807) is 0 Å². The molecule has 1 saturated heterocycles. The fourth-order valence-electron chi connectivity index (χ4n) is 3.18. The first kappa shape index (κ1) is 15.9. The van der Waals surface area contributed by atoms with Gasteiger partial charge in [-0.1, -0.05) is 26.7 Å². The lowest BCUT2D eigenvalue weighted by Crippen LogP contribution is -2.56. The number of nitrogens with zero attached hydrogens (tertiary/aromatic N) is 2. The molecular formula is C15H33N3. The molecule has 0 spiro atoms. The van der Waals surface area contributed by atoms with Crippen LogP contribution < -0.4 is 5.73 Å². The Morgan fingerprint density at radius 2 is 1.78 bits per heavy atom. The van der Waals surface area contributed by atoms with Crippen molar-refractivity contribution in [3.63, 3.8) is 0 Å². The van der Waals surface area contributed by atoms with Crippen LogP contribution in [0.5, 0.6) is 0 Å². The highest BCUT2D eigenvalue weighted by molar-refractivity contribution is 5.02. The first-order chi connectivity index (χ1) is 8.59. The Balaban J connectivity index is 2.72. The third kappa shape index (κ3) is 3.69. The molecule has 0 bridgehead atoms. The van der Waals surface area contributed by atoms with E-state index in [-0.39, 0.29) is 5.54 Å². The number of unbranched alkanes of at least 4 members (excludes halogenated alkanes) is 2. The van der Waals surface area contributed by atoms with Crippen LogP contribution in [0.4, 0.5) is 0 Å². The molecular weight excluding hydrogens is 222 g/mol. The number of hydrogen-bond acceptors (Lipinski definition) is 3. The molecule has 0 radical (unpaired) electrons. The SMILES string of the molecule is CCCCN(CCCC)C1(CN)CC(C)N(C)C1. The molecule has 3 heteroatoms. The monoisotopic (exact) mass is 255 g/mol. The summed E-state index contributed by atoms with van der Waals surface area (Å²) in [5.74, 6) is 0. The molecule has 1 rings (SSSR count). The normalized spacial score (nSPS) is 29.3. The predicted molar refractivity (Wildman–Crippen MR) is 79.9 cm³/mol. The average Bonchev–Trinajstić information content (AvgIpc) is 2.66. The van der Waals surface area contributed by atoms with Gasteiger partial charge in [-0.3, -0.25) is 4.90 Å². The van der Waals surface area contributed by atoms with Crippen molar-refractivity contribution in [2.45, 2.75) is 64.5 Å². The molecule has 3 nitrogen and oxygen atoms in total. The molecule has 18 heavy (non-hydrogen) atoms. The average molecular weight is 255 g/mol. The maximum atomic E-state index is 6.17. The molecule has 0 amide bonds. The van der Waals surface area contributed by atoms with Gasteiger partial charge in [0.25, 0.3) is 0 Å². The smallest absolute Gasteiger partial charge is 0.0473 e. The molecule has 0 aromatic carbocycles. The molecule has 0 saturated carbocycles. The second-order valence-electron chi connectivity index (χ2n) is 6.09. The molecule has 1 heterocycles. The van der Waals surface area contributed by atoms with Gasteiger partial charge in [0.2, 0.25) is 0 Å². The Hall–Kier alpha value is -0.120. The van der Waals surface area contributed by atoms with Crippen LogP contribution in [0.2, 0.25) is 0 Å². The van der Waals surface area contributed by atoms with Crippen LogP contribution in [0.1, 0.15) is 52.9 Å². The summed E-state index contributed by atoms with van der Waals surface area (Å²) in [7, 11) is 2.24. The van der Waals surface area contributed by atoms with E-state index in [1.807, 2.05) is 0 Å². The highest BCUT2D eigenvalue weighted by Gasteiger charge is 2.43. The molecule has 1 fully saturated rings. The summed E-state index contributed by atoms with van der Waals surface area (Å²) in [5.41, 5.74) is 6.40. The minimum Gasteiger partial charge on any atom is -0.329 e. The van der Waals surface area contributed by atoms with Gasteiger partial charge in [0.15, 0.2) is 0 Å². The molecule has 0 aliphatic carbocycles. The number of nitrogens with two attached hydrogens (primary N) is 1. The molecule has 108 valence electrons. The largest absolute Gasteiger partial charge is 0.329 e. The van der Waals surface area contributed by atoms with Crippen molar-refractivity contribution in [1.82, 2.24) is 9.80 Å². The predicted octanol–water partition coefficient (Wildman–Crippen LogP) is 2.31. The van der Waals surface area contributed by atoms with E-state index < -0.39 is 0 Å². The Bertz CT molecular complexity index is 212. The summed E-state index contributed by atoms with van der Waals surface area (Å²) in [6.45, 7) is 11.2. The van der Waals surface area contributed by atoms with Crippen molar-refractivity contribution in [3.8, 4) is 0 Å². The van der Waals surface area contributed by atoms with E-state index in [9.17, 15) is 0 Å². The molecule has 1 aliphatic rings. The Kier molecular flexibility index (Phi) is 6.61. The van der Waals surface area contributed by atoms with Gasteiger partial charge in [-0.15, -0.1) is 0 Å². The topological polar surface area (TPSA) is 32.5 Å². The zero-order valence-corrected chi connectivity index (χ0v) is 12.9. The lowest BCUT2D eigenvalue weighted by atomic mass is 9.93. The number of hydrogen-bond donors (Lipinski definition) is 1. The van der Waals surface area contributed by atoms with E-state index in [0.29, 0.717) is 6.04 Å². The van der Waals surface area contributed by atoms with E-state index in [2.05, 4.69) is 37.6 Å². The van der Waals surface area contributed by atoms with E-state index in [1.165, 1.54) is 45.2 Å². The van der Waals surface area contributed by atoms with Crippen molar-refractivity contribution in [2.24, 2.45) is 5.73 Å². The Morgan fingerprint density at radius 3 is 2.11 bits per heavy atom. The fourth-order valence-corrected chi connectivity index (χ4v) is 3.18. The third-order valence-electron chi connectivity index (χ3n) is 4.59. The van der Waals surface area contributed by atoms with Gasteiger partial charge >= 0.3 is 0 Å². The van der Waals surface area contributed by atoms with Crippen LogP contribution in [0.15, 0.2) is 0 Å². The number of likely N-dealkylation sites (N-methyl/N-ethyl adjacent to an activating group) is 1. The van der Waals surface area contributed by atoms with E-state index in [0.717, 1.165) is 13.1 Å². The minimum atomic E-state index is 0.235. The zero-order chi connectivity index (χ0) is 13.6. The minimum absolute atomic E-state index is 0.235. The van der Waals surface area contributed by atoms with Crippen LogP contribution in [-0.2, 0) is 0 Å². The van der Waals surface area contributed by atoms with Crippen molar-refractivity contribution >= 4 is 0 Å². The van der Waals surface area contributed by atoms with Crippen molar-refractivity contribution < 1.29 is 0 Å². The Morgan fingerprint density at radius 1 is 1.22 bits per heavy atom. The lowest BCUT2D eigenvalue weighted by molar-refractivity contribution is 0.0975. The van der Waals surface area contributed by atoms with Crippen molar-refractivity contribution in [3.05, 3.63) is 0 Å². The van der Waals surface area contributed by atoms with Gasteiger partial charge in [-0.2, -0.15) is 0 Å². The quantitative estimate of drug-likeness (QED) is 0.722. The fraction of sp³-hybridized carbons (Fsp3) is 1.00. The number of rotatable bonds is 8. The van der Waals surface area contributed by atoms with Crippen LogP contribution in [-0.4, -0.2) is 54.6 Å². The second kappa shape index (κ2) is 7.46. The van der Waals surface area contributed by atoms with Gasteiger partial charge in [0, 0.05) is 24.7 Å². The number of likely N-dealkylation sites (tertiary alicyclic amines) is 1. The second-order valence-corrected chi connectivity index (χ2v) is 6.09. The first-order valence-electron chi connectivity index (χ1n) is 7.75.